The highest BCUT2D eigenvalue weighted by Crippen LogP contribution is 2.37. The molecule has 0 aliphatic carbocycles. The SMILES string of the molecule is CN=C(NCC1CCS(=O)(=O)C1)N1CCCC2(CCCOC2)C1.I. The van der Waals surface area contributed by atoms with Crippen molar-refractivity contribution in [1.82, 2.24) is 10.2 Å². The van der Waals surface area contributed by atoms with E-state index in [1.54, 1.807) is 0 Å². The summed E-state index contributed by atoms with van der Waals surface area (Å²) in [5, 5.41) is 3.41. The number of hydrogen-bond donors (Lipinski definition) is 1. The van der Waals surface area contributed by atoms with Crippen LogP contribution in [0.4, 0.5) is 0 Å². The molecule has 0 amide bonds. The quantitative estimate of drug-likeness (QED) is 0.376. The first-order valence-corrected chi connectivity index (χ1v) is 10.6. The number of hydrogen-bond acceptors (Lipinski definition) is 4. The molecular formula is C16H30IN3O3S. The van der Waals surface area contributed by atoms with E-state index in [4.69, 9.17) is 4.74 Å². The van der Waals surface area contributed by atoms with E-state index in [1.807, 2.05) is 7.05 Å². The summed E-state index contributed by atoms with van der Waals surface area (Å²) in [5.41, 5.74) is 0.283. The van der Waals surface area contributed by atoms with Crippen molar-refractivity contribution >= 4 is 39.8 Å². The number of halogens is 1. The Labute approximate surface area is 162 Å². The molecule has 0 radical (unpaired) electrons. The molecule has 140 valence electrons. The van der Waals surface area contributed by atoms with E-state index in [0.717, 1.165) is 45.1 Å². The van der Waals surface area contributed by atoms with Crippen molar-refractivity contribution in [1.29, 1.82) is 0 Å². The number of piperidine rings is 1. The van der Waals surface area contributed by atoms with Crippen LogP contribution in [0.25, 0.3) is 0 Å². The molecule has 1 spiro atoms. The molecule has 1 N–H and O–H groups in total. The average molecular weight is 471 g/mol. The van der Waals surface area contributed by atoms with Gasteiger partial charge in [0.15, 0.2) is 15.8 Å². The predicted molar refractivity (Wildman–Crippen MR) is 107 cm³/mol. The van der Waals surface area contributed by atoms with Crippen LogP contribution in [-0.4, -0.2) is 70.7 Å². The normalized spacial score (nSPS) is 33.3. The first kappa shape index (κ1) is 20.2. The number of nitrogens with one attached hydrogen (secondary N) is 1. The summed E-state index contributed by atoms with van der Waals surface area (Å²) >= 11 is 0. The third-order valence-corrected chi connectivity index (χ3v) is 7.29. The first-order valence-electron chi connectivity index (χ1n) is 8.76. The number of sulfone groups is 1. The van der Waals surface area contributed by atoms with Gasteiger partial charge in [0.25, 0.3) is 0 Å². The smallest absolute Gasteiger partial charge is 0.193 e. The molecule has 3 aliphatic heterocycles. The van der Waals surface area contributed by atoms with Crippen LogP contribution in [0.15, 0.2) is 4.99 Å². The topological polar surface area (TPSA) is 71.0 Å². The van der Waals surface area contributed by atoms with Gasteiger partial charge in [-0.1, -0.05) is 0 Å². The van der Waals surface area contributed by atoms with Gasteiger partial charge in [-0.2, -0.15) is 0 Å². The molecular weight excluding hydrogens is 441 g/mol. The van der Waals surface area contributed by atoms with Crippen molar-refractivity contribution in [3.63, 3.8) is 0 Å². The summed E-state index contributed by atoms with van der Waals surface area (Å²) in [7, 11) is -0.995. The van der Waals surface area contributed by atoms with E-state index >= 15 is 0 Å². The zero-order valence-electron chi connectivity index (χ0n) is 14.5. The van der Waals surface area contributed by atoms with Gasteiger partial charge < -0.3 is 15.0 Å². The third-order valence-electron chi connectivity index (χ3n) is 5.45. The summed E-state index contributed by atoms with van der Waals surface area (Å²) in [5.74, 6) is 1.78. The second-order valence-corrected chi connectivity index (χ2v) is 9.61. The van der Waals surface area contributed by atoms with Gasteiger partial charge in [0.1, 0.15) is 0 Å². The van der Waals surface area contributed by atoms with Crippen LogP contribution in [-0.2, 0) is 14.6 Å². The van der Waals surface area contributed by atoms with E-state index < -0.39 is 9.84 Å². The first-order chi connectivity index (χ1) is 11.0. The Morgan fingerprint density at radius 3 is 2.79 bits per heavy atom. The Hall–Kier alpha value is -0.0900. The van der Waals surface area contributed by atoms with Crippen LogP contribution in [0.3, 0.4) is 0 Å². The van der Waals surface area contributed by atoms with Gasteiger partial charge in [0.05, 0.1) is 18.1 Å². The number of likely N-dealkylation sites (tertiary alicyclic amines) is 1. The monoisotopic (exact) mass is 471 g/mol. The molecule has 3 saturated heterocycles. The molecule has 24 heavy (non-hydrogen) atoms. The molecule has 3 aliphatic rings. The highest BCUT2D eigenvalue weighted by molar-refractivity contribution is 14.0. The van der Waals surface area contributed by atoms with Crippen molar-refractivity contribution < 1.29 is 13.2 Å². The zero-order chi connectivity index (χ0) is 16.3. The lowest BCUT2D eigenvalue weighted by Gasteiger charge is -2.45. The molecule has 8 heteroatoms. The highest BCUT2D eigenvalue weighted by Gasteiger charge is 2.38. The molecule has 3 heterocycles. The van der Waals surface area contributed by atoms with E-state index in [-0.39, 0.29) is 35.3 Å². The van der Waals surface area contributed by atoms with Crippen molar-refractivity contribution in [2.45, 2.75) is 32.1 Å². The molecule has 0 aromatic rings. The maximum absolute atomic E-state index is 11.6. The summed E-state index contributed by atoms with van der Waals surface area (Å²) < 4.78 is 28.9. The molecule has 3 rings (SSSR count). The van der Waals surface area contributed by atoms with Crippen molar-refractivity contribution in [3.8, 4) is 0 Å². The summed E-state index contributed by atoms with van der Waals surface area (Å²) in [4.78, 5) is 6.76. The van der Waals surface area contributed by atoms with Gasteiger partial charge in [-0.15, -0.1) is 24.0 Å². The molecule has 2 atom stereocenters. The summed E-state index contributed by atoms with van der Waals surface area (Å²) in [6.07, 6.45) is 5.56. The number of guanidine groups is 1. The molecule has 2 unspecified atom stereocenters. The van der Waals surface area contributed by atoms with Crippen LogP contribution < -0.4 is 5.32 Å². The Morgan fingerprint density at radius 1 is 1.38 bits per heavy atom. The predicted octanol–water partition coefficient (Wildman–Crippen LogP) is 1.51. The van der Waals surface area contributed by atoms with Crippen LogP contribution in [0, 0.1) is 11.3 Å². The third kappa shape index (κ3) is 4.97. The van der Waals surface area contributed by atoms with Gasteiger partial charge in [0.2, 0.25) is 0 Å². The molecule has 3 fully saturated rings. The van der Waals surface area contributed by atoms with E-state index in [0.29, 0.717) is 18.1 Å². The van der Waals surface area contributed by atoms with E-state index in [1.165, 1.54) is 19.3 Å². The number of nitrogens with zero attached hydrogens (tertiary/aromatic N) is 2. The van der Waals surface area contributed by atoms with Crippen LogP contribution in [0.1, 0.15) is 32.1 Å². The van der Waals surface area contributed by atoms with Gasteiger partial charge >= 0.3 is 0 Å². The van der Waals surface area contributed by atoms with Gasteiger partial charge in [-0.05, 0) is 38.0 Å². The fourth-order valence-corrected chi connectivity index (χ4v) is 6.08. The fourth-order valence-electron chi connectivity index (χ4n) is 4.22. The van der Waals surface area contributed by atoms with Gasteiger partial charge in [-0.3, -0.25) is 4.99 Å². The lowest BCUT2D eigenvalue weighted by molar-refractivity contribution is -0.0370. The Bertz CT molecular complexity index is 541. The summed E-state index contributed by atoms with van der Waals surface area (Å²) in [6.45, 7) is 4.47. The minimum atomic E-state index is -2.81. The maximum atomic E-state index is 11.6. The Kier molecular flexibility index (Phi) is 7.19. The van der Waals surface area contributed by atoms with Crippen molar-refractivity contribution in [2.24, 2.45) is 16.3 Å². The number of aliphatic imine (C=N–C) groups is 1. The largest absolute Gasteiger partial charge is 0.381 e. The molecule has 0 bridgehead atoms. The number of rotatable bonds is 2. The average Bonchev–Trinajstić information content (AvgIpc) is 2.88. The standard InChI is InChI=1S/C16H29N3O3S.HI/c1-17-15(18-10-14-4-9-23(20,21)11-14)19-7-2-5-16(12-19)6-3-8-22-13-16;/h14H,2-13H2,1H3,(H,17,18);1H. The lowest BCUT2D eigenvalue weighted by Crippen LogP contribution is -2.53. The minimum Gasteiger partial charge on any atom is -0.381 e. The lowest BCUT2D eigenvalue weighted by atomic mass is 9.76. The fraction of sp³-hybridized carbons (Fsp3) is 0.938. The van der Waals surface area contributed by atoms with Crippen LogP contribution >= 0.6 is 24.0 Å². The van der Waals surface area contributed by atoms with Crippen LogP contribution in [0.5, 0.6) is 0 Å². The second kappa shape index (κ2) is 8.53. The van der Waals surface area contributed by atoms with E-state index in [9.17, 15) is 8.42 Å². The Morgan fingerprint density at radius 2 is 2.17 bits per heavy atom. The number of ether oxygens (including phenoxy) is 1. The maximum Gasteiger partial charge on any atom is 0.193 e. The molecule has 0 saturated carbocycles. The van der Waals surface area contributed by atoms with Crippen molar-refractivity contribution in [3.05, 3.63) is 0 Å². The van der Waals surface area contributed by atoms with Crippen LogP contribution in [0.2, 0.25) is 0 Å². The molecule has 0 aromatic carbocycles. The zero-order valence-corrected chi connectivity index (χ0v) is 17.6. The summed E-state index contributed by atoms with van der Waals surface area (Å²) in [6, 6.07) is 0. The van der Waals surface area contributed by atoms with Crippen molar-refractivity contribution in [2.75, 3.05) is 51.4 Å². The minimum absolute atomic E-state index is 0. The highest BCUT2D eigenvalue weighted by atomic mass is 127. The Balaban J connectivity index is 0.00000208. The van der Waals surface area contributed by atoms with Gasteiger partial charge in [-0.25, -0.2) is 8.42 Å². The second-order valence-electron chi connectivity index (χ2n) is 7.38. The van der Waals surface area contributed by atoms with Gasteiger partial charge in [0, 0.05) is 38.7 Å². The molecule has 0 aromatic heterocycles. The van der Waals surface area contributed by atoms with E-state index in [2.05, 4.69) is 15.2 Å². The molecule has 6 nitrogen and oxygen atoms in total.